The Morgan fingerprint density at radius 3 is 2.75 bits per heavy atom. The van der Waals surface area contributed by atoms with E-state index in [1.807, 2.05) is 6.07 Å². The van der Waals surface area contributed by atoms with Crippen LogP contribution in [-0.2, 0) is 12.8 Å². The van der Waals surface area contributed by atoms with E-state index in [0.29, 0.717) is 5.82 Å². The van der Waals surface area contributed by atoms with Crippen LogP contribution in [0, 0.1) is 0 Å². The molecule has 3 rings (SSSR count). The summed E-state index contributed by atoms with van der Waals surface area (Å²) in [7, 11) is 1.70. The first kappa shape index (κ1) is 13.5. The van der Waals surface area contributed by atoms with Crippen LogP contribution in [0.1, 0.15) is 30.4 Å². The molecule has 0 unspecified atom stereocenters. The van der Waals surface area contributed by atoms with Gasteiger partial charge in [-0.05, 0) is 58.8 Å². The van der Waals surface area contributed by atoms with E-state index >= 15 is 0 Å². The summed E-state index contributed by atoms with van der Waals surface area (Å²) < 4.78 is 6.60. The molecule has 20 heavy (non-hydrogen) atoms. The first-order valence-corrected chi connectivity index (χ1v) is 7.69. The van der Waals surface area contributed by atoms with E-state index in [4.69, 9.17) is 10.5 Å². The molecule has 0 fully saturated rings. The lowest BCUT2D eigenvalue weighted by atomic mass is 9.94. The normalized spacial score (nSPS) is 14.7. The zero-order valence-corrected chi connectivity index (χ0v) is 13.1. The molecule has 0 bridgehead atoms. The number of nitrogens with one attached hydrogen (secondary N) is 1. The molecule has 1 aliphatic carbocycles. The molecule has 0 saturated carbocycles. The maximum absolute atomic E-state index is 5.76. The first-order chi connectivity index (χ1) is 9.70. The number of hydrogen-bond donors (Lipinski definition) is 2. The second-order valence-electron chi connectivity index (χ2n) is 5.17. The van der Waals surface area contributed by atoms with Gasteiger partial charge in [0.15, 0.2) is 0 Å². The Bertz CT molecular complexity index is 636. The van der Waals surface area contributed by atoms with E-state index in [9.17, 15) is 0 Å². The van der Waals surface area contributed by atoms with Crippen molar-refractivity contribution in [3.63, 3.8) is 0 Å². The van der Waals surface area contributed by atoms with Gasteiger partial charge in [0.1, 0.15) is 11.6 Å². The lowest BCUT2D eigenvalue weighted by Crippen LogP contribution is -2.00. The Morgan fingerprint density at radius 1 is 1.25 bits per heavy atom. The number of hydrogen-bond acceptors (Lipinski definition) is 3. The molecular formula is C15H18BrN3O. The maximum Gasteiger partial charge on any atom is 0.145 e. The van der Waals surface area contributed by atoms with Crippen molar-refractivity contribution in [2.45, 2.75) is 32.1 Å². The van der Waals surface area contributed by atoms with Crippen LogP contribution >= 0.6 is 15.9 Å². The van der Waals surface area contributed by atoms with Crippen molar-refractivity contribution < 1.29 is 4.74 Å². The summed E-state index contributed by atoms with van der Waals surface area (Å²) in [6.45, 7) is 0. The fraction of sp³-hybridized carbons (Fsp3) is 0.400. The van der Waals surface area contributed by atoms with Gasteiger partial charge in [-0.1, -0.05) is 6.42 Å². The van der Waals surface area contributed by atoms with Crippen LogP contribution in [0.2, 0.25) is 0 Å². The van der Waals surface area contributed by atoms with E-state index in [-0.39, 0.29) is 0 Å². The molecule has 3 N–H and O–H groups in total. The van der Waals surface area contributed by atoms with E-state index in [1.165, 1.54) is 30.4 Å². The summed E-state index contributed by atoms with van der Waals surface area (Å²) in [5.74, 6) is 1.36. The average Bonchev–Trinajstić information content (AvgIpc) is 2.72. The summed E-state index contributed by atoms with van der Waals surface area (Å²) >= 11 is 3.63. The molecule has 1 heterocycles. The number of H-pyrrole nitrogens is 1. The van der Waals surface area contributed by atoms with Gasteiger partial charge in [0.25, 0.3) is 0 Å². The predicted octanol–water partition coefficient (Wildman–Crippen LogP) is 3.70. The number of nitrogens with two attached hydrogens (primary N) is 1. The highest BCUT2D eigenvalue weighted by Crippen LogP contribution is 2.42. The van der Waals surface area contributed by atoms with E-state index < -0.39 is 0 Å². The summed E-state index contributed by atoms with van der Waals surface area (Å²) in [4.78, 5) is 0. The van der Waals surface area contributed by atoms with E-state index in [0.717, 1.165) is 34.3 Å². The molecule has 0 radical (unpaired) electrons. The quantitative estimate of drug-likeness (QED) is 0.822. The lowest BCUT2D eigenvalue weighted by Gasteiger charge is -2.17. The lowest BCUT2D eigenvalue weighted by molar-refractivity contribution is 0.413. The van der Waals surface area contributed by atoms with Crippen molar-refractivity contribution in [3.05, 3.63) is 27.7 Å². The molecule has 4 nitrogen and oxygen atoms in total. The molecule has 2 aromatic rings. The molecule has 1 aliphatic rings. The average molecular weight is 336 g/mol. The van der Waals surface area contributed by atoms with Gasteiger partial charge in [0, 0.05) is 11.6 Å². The molecule has 0 saturated heterocycles. The Labute approximate surface area is 126 Å². The number of rotatable bonds is 2. The van der Waals surface area contributed by atoms with Crippen molar-refractivity contribution in [1.82, 2.24) is 10.2 Å². The van der Waals surface area contributed by atoms with Crippen molar-refractivity contribution in [2.75, 3.05) is 12.8 Å². The summed E-state index contributed by atoms with van der Waals surface area (Å²) in [6.07, 6.45) is 5.94. The van der Waals surface area contributed by atoms with Crippen LogP contribution < -0.4 is 10.5 Å². The van der Waals surface area contributed by atoms with Crippen LogP contribution in [0.15, 0.2) is 16.6 Å². The Balaban J connectivity index is 2.26. The minimum Gasteiger partial charge on any atom is -0.495 e. The number of fused-ring (bicyclic) bond motifs is 1. The molecule has 0 spiro atoms. The summed E-state index contributed by atoms with van der Waals surface area (Å²) in [5, 5.41) is 7.07. The Kier molecular flexibility index (Phi) is 3.70. The number of nitrogens with zero attached hydrogens (tertiary/aromatic N) is 1. The number of ether oxygens (including phenoxy) is 1. The summed E-state index contributed by atoms with van der Waals surface area (Å²) in [6, 6.07) is 4.07. The molecule has 0 atom stereocenters. The van der Waals surface area contributed by atoms with Gasteiger partial charge in [0.05, 0.1) is 17.3 Å². The third-order valence-electron chi connectivity index (χ3n) is 3.88. The zero-order valence-electron chi connectivity index (χ0n) is 11.5. The molecule has 1 aromatic heterocycles. The van der Waals surface area contributed by atoms with Crippen LogP contribution in [0.5, 0.6) is 5.75 Å². The largest absolute Gasteiger partial charge is 0.495 e. The number of nitrogen functional groups attached to an aromatic ring is 1. The van der Waals surface area contributed by atoms with Crippen molar-refractivity contribution in [3.8, 4) is 17.0 Å². The Morgan fingerprint density at radius 2 is 2.05 bits per heavy atom. The smallest absolute Gasteiger partial charge is 0.145 e. The van der Waals surface area contributed by atoms with Crippen LogP contribution in [0.3, 0.4) is 0 Å². The molecule has 1 aromatic carbocycles. The predicted molar refractivity (Wildman–Crippen MR) is 83.9 cm³/mol. The van der Waals surface area contributed by atoms with Gasteiger partial charge in [-0.3, -0.25) is 5.10 Å². The van der Waals surface area contributed by atoms with Crippen molar-refractivity contribution >= 4 is 21.7 Å². The highest BCUT2D eigenvalue weighted by molar-refractivity contribution is 9.10. The van der Waals surface area contributed by atoms with Crippen LogP contribution in [0.4, 0.5) is 5.82 Å². The topological polar surface area (TPSA) is 63.9 Å². The highest BCUT2D eigenvalue weighted by Gasteiger charge is 2.21. The van der Waals surface area contributed by atoms with Crippen molar-refractivity contribution in [2.24, 2.45) is 0 Å². The minimum atomic E-state index is 0.504. The van der Waals surface area contributed by atoms with E-state index in [2.05, 4.69) is 32.2 Å². The van der Waals surface area contributed by atoms with Crippen LogP contribution in [-0.4, -0.2) is 17.3 Å². The number of anilines is 1. The standard InChI is InChI=1S/C15H18BrN3O/c1-20-15-11(16)7-9-5-3-2-4-6-10(9)14(15)12-8-13(17)19-18-12/h7-8H,2-6H2,1H3,(H3,17,18,19). The third kappa shape index (κ3) is 2.30. The number of benzene rings is 1. The monoisotopic (exact) mass is 335 g/mol. The fourth-order valence-corrected chi connectivity index (χ4v) is 3.61. The molecular weight excluding hydrogens is 318 g/mol. The molecule has 106 valence electrons. The number of halogens is 1. The summed E-state index contributed by atoms with van der Waals surface area (Å²) in [5.41, 5.74) is 10.6. The molecule has 0 amide bonds. The minimum absolute atomic E-state index is 0.504. The number of aromatic nitrogens is 2. The van der Waals surface area contributed by atoms with E-state index in [1.54, 1.807) is 7.11 Å². The van der Waals surface area contributed by atoms with Gasteiger partial charge in [0.2, 0.25) is 0 Å². The number of methoxy groups -OCH3 is 1. The zero-order chi connectivity index (χ0) is 14.1. The second-order valence-corrected chi connectivity index (χ2v) is 6.03. The number of aromatic amines is 1. The third-order valence-corrected chi connectivity index (χ3v) is 4.47. The van der Waals surface area contributed by atoms with Gasteiger partial charge in [-0.25, -0.2) is 0 Å². The van der Waals surface area contributed by atoms with Gasteiger partial charge < -0.3 is 10.5 Å². The van der Waals surface area contributed by atoms with Gasteiger partial charge >= 0.3 is 0 Å². The van der Waals surface area contributed by atoms with Gasteiger partial charge in [-0.15, -0.1) is 0 Å². The number of aryl methyl sites for hydroxylation is 1. The second kappa shape index (κ2) is 5.48. The maximum atomic E-state index is 5.76. The highest BCUT2D eigenvalue weighted by atomic mass is 79.9. The van der Waals surface area contributed by atoms with Gasteiger partial charge in [-0.2, -0.15) is 5.10 Å². The van der Waals surface area contributed by atoms with Crippen LogP contribution in [0.25, 0.3) is 11.3 Å². The van der Waals surface area contributed by atoms with Crippen molar-refractivity contribution in [1.29, 1.82) is 0 Å². The molecule has 5 heteroatoms. The molecule has 0 aliphatic heterocycles. The SMILES string of the molecule is COc1c(Br)cc2c(c1-c1cc(N)n[nH]1)CCCCC2. The first-order valence-electron chi connectivity index (χ1n) is 6.90. The Hall–Kier alpha value is -1.49. The fourth-order valence-electron chi connectivity index (χ4n) is 2.97.